The number of carbonyl (C=O) groups is 1. The number of hydrogen-bond donors (Lipinski definition) is 1. The van der Waals surface area contributed by atoms with E-state index in [1.165, 1.54) is 44.6 Å². The van der Waals surface area contributed by atoms with Crippen molar-refractivity contribution in [1.82, 2.24) is 9.88 Å². The molecule has 134 valence electrons. The van der Waals surface area contributed by atoms with E-state index in [0.717, 1.165) is 5.92 Å². The number of aromatic nitrogens is 1. The molecule has 3 aliphatic carbocycles. The molecule has 2 bridgehead atoms. The van der Waals surface area contributed by atoms with E-state index in [1.807, 2.05) is 11.5 Å². The third kappa shape index (κ3) is 2.95. The van der Waals surface area contributed by atoms with Gasteiger partial charge in [0, 0.05) is 29.7 Å². The fourth-order valence-corrected chi connectivity index (χ4v) is 4.94. The Labute approximate surface area is 152 Å². The van der Waals surface area contributed by atoms with Gasteiger partial charge in [0.25, 0.3) is 5.91 Å². The van der Waals surface area contributed by atoms with Crippen LogP contribution in [0.1, 0.15) is 55.8 Å². The van der Waals surface area contributed by atoms with Crippen molar-refractivity contribution in [2.24, 2.45) is 11.3 Å². The Morgan fingerprint density at radius 3 is 2.64 bits per heavy atom. The van der Waals surface area contributed by atoms with Crippen molar-refractivity contribution in [2.45, 2.75) is 52.0 Å². The van der Waals surface area contributed by atoms with E-state index in [4.69, 9.17) is 11.6 Å². The number of halogens is 2. The number of nitrogens with one attached hydrogen (secondary N) is 1. The van der Waals surface area contributed by atoms with E-state index in [2.05, 4.69) is 5.32 Å². The third-order valence-electron chi connectivity index (χ3n) is 6.36. The minimum absolute atomic E-state index is 0.180. The second-order valence-corrected chi connectivity index (χ2v) is 8.21. The van der Waals surface area contributed by atoms with Gasteiger partial charge < -0.3 is 9.88 Å². The summed E-state index contributed by atoms with van der Waals surface area (Å²) in [6.07, 6.45) is 9.24. The third-order valence-corrected chi connectivity index (χ3v) is 6.57. The van der Waals surface area contributed by atoms with Crippen LogP contribution in [0.15, 0.2) is 18.3 Å². The molecule has 1 amide bonds. The van der Waals surface area contributed by atoms with E-state index < -0.39 is 5.82 Å². The van der Waals surface area contributed by atoms with Gasteiger partial charge in [-0.3, -0.25) is 4.79 Å². The number of fused-ring (bicyclic) bond motifs is 4. The average molecular weight is 363 g/mol. The average Bonchev–Trinajstić information content (AvgIpc) is 3.00. The van der Waals surface area contributed by atoms with Gasteiger partial charge in [-0.05, 0) is 68.9 Å². The summed E-state index contributed by atoms with van der Waals surface area (Å²) in [5, 5.41) is 3.82. The summed E-state index contributed by atoms with van der Waals surface area (Å²) < 4.78 is 16.4. The summed E-state index contributed by atoms with van der Waals surface area (Å²) >= 11 is 5.99. The Kier molecular flexibility index (Phi) is 4.27. The number of rotatable bonds is 4. The molecule has 0 aliphatic heterocycles. The molecule has 1 heterocycles. The summed E-state index contributed by atoms with van der Waals surface area (Å²) in [5.74, 6) is 0.288. The predicted octanol–water partition coefficient (Wildman–Crippen LogP) is 5.15. The Balaban J connectivity index is 1.60. The SMILES string of the molecule is CCn1cc(C(=O)NCC23CCC(CC2)CC3)c2c(F)cc(Cl)cc21. The molecule has 0 unspecified atom stereocenters. The predicted molar refractivity (Wildman–Crippen MR) is 98.5 cm³/mol. The number of aryl methyl sites for hydroxylation is 1. The van der Waals surface area contributed by atoms with Gasteiger partial charge in [0.05, 0.1) is 11.1 Å². The molecule has 3 saturated carbocycles. The molecular formula is C20H24ClFN2O. The van der Waals surface area contributed by atoms with E-state index in [1.54, 1.807) is 12.3 Å². The molecule has 1 N–H and O–H groups in total. The molecule has 3 aliphatic rings. The van der Waals surface area contributed by atoms with Gasteiger partial charge in [0.2, 0.25) is 0 Å². The maximum atomic E-state index is 14.5. The molecule has 0 atom stereocenters. The second-order valence-electron chi connectivity index (χ2n) is 7.78. The second kappa shape index (κ2) is 6.31. The Morgan fingerprint density at radius 1 is 1.32 bits per heavy atom. The van der Waals surface area contributed by atoms with Gasteiger partial charge in [0.15, 0.2) is 0 Å². The molecule has 2 aromatic rings. The van der Waals surface area contributed by atoms with Gasteiger partial charge in [-0.25, -0.2) is 4.39 Å². The van der Waals surface area contributed by atoms with E-state index >= 15 is 0 Å². The summed E-state index contributed by atoms with van der Waals surface area (Å²) in [6, 6.07) is 3.00. The van der Waals surface area contributed by atoms with Crippen LogP contribution < -0.4 is 5.32 Å². The maximum absolute atomic E-state index is 14.5. The van der Waals surface area contributed by atoms with Gasteiger partial charge in [0.1, 0.15) is 5.82 Å². The highest BCUT2D eigenvalue weighted by atomic mass is 35.5. The first kappa shape index (κ1) is 16.9. The molecule has 3 fully saturated rings. The zero-order valence-electron chi connectivity index (χ0n) is 14.6. The standard InChI is InChI=1S/C20H24ClFN2O/c1-2-24-11-15(18-16(22)9-14(21)10-17(18)24)19(25)23-12-20-6-3-13(4-7-20)5-8-20/h9-11,13H,2-8,12H2,1H3,(H,23,25). The smallest absolute Gasteiger partial charge is 0.253 e. The van der Waals surface area contributed by atoms with Crippen molar-refractivity contribution < 1.29 is 9.18 Å². The van der Waals surface area contributed by atoms with Gasteiger partial charge in [-0.1, -0.05) is 11.6 Å². The van der Waals surface area contributed by atoms with E-state index in [0.29, 0.717) is 34.6 Å². The zero-order valence-corrected chi connectivity index (χ0v) is 15.3. The van der Waals surface area contributed by atoms with Crippen LogP contribution in [0.25, 0.3) is 10.9 Å². The maximum Gasteiger partial charge on any atom is 0.253 e. The number of amides is 1. The molecule has 5 rings (SSSR count). The normalized spacial score (nSPS) is 25.5. The van der Waals surface area contributed by atoms with Crippen LogP contribution in [0.5, 0.6) is 0 Å². The van der Waals surface area contributed by atoms with Crippen molar-refractivity contribution in [2.75, 3.05) is 6.54 Å². The van der Waals surface area contributed by atoms with Crippen LogP contribution in [-0.2, 0) is 6.54 Å². The molecule has 0 spiro atoms. The lowest BCUT2D eigenvalue weighted by molar-refractivity contribution is 0.0597. The highest BCUT2D eigenvalue weighted by Crippen LogP contribution is 2.49. The monoisotopic (exact) mass is 362 g/mol. The molecule has 1 aromatic heterocycles. The van der Waals surface area contributed by atoms with Crippen LogP contribution >= 0.6 is 11.6 Å². The van der Waals surface area contributed by atoms with Crippen LogP contribution in [0.4, 0.5) is 4.39 Å². The summed E-state index contributed by atoms with van der Waals surface area (Å²) in [7, 11) is 0. The van der Waals surface area contributed by atoms with E-state index in [-0.39, 0.29) is 11.3 Å². The lowest BCUT2D eigenvalue weighted by Gasteiger charge is -2.46. The Morgan fingerprint density at radius 2 is 2.00 bits per heavy atom. The highest BCUT2D eigenvalue weighted by molar-refractivity contribution is 6.31. The summed E-state index contributed by atoms with van der Waals surface area (Å²) in [5.41, 5.74) is 1.34. The molecule has 5 heteroatoms. The largest absolute Gasteiger partial charge is 0.351 e. The van der Waals surface area contributed by atoms with Crippen molar-refractivity contribution in [3.63, 3.8) is 0 Å². The number of benzene rings is 1. The van der Waals surface area contributed by atoms with Crippen molar-refractivity contribution in [1.29, 1.82) is 0 Å². The summed E-state index contributed by atoms with van der Waals surface area (Å²) in [6.45, 7) is 3.33. The number of hydrogen-bond acceptors (Lipinski definition) is 1. The lowest BCUT2D eigenvalue weighted by Crippen LogP contribution is -2.43. The van der Waals surface area contributed by atoms with Gasteiger partial charge in [-0.2, -0.15) is 0 Å². The molecular weight excluding hydrogens is 339 g/mol. The molecule has 3 nitrogen and oxygen atoms in total. The van der Waals surface area contributed by atoms with Crippen LogP contribution in [0.2, 0.25) is 5.02 Å². The first-order valence-corrected chi connectivity index (χ1v) is 9.65. The van der Waals surface area contributed by atoms with Crippen LogP contribution in [0, 0.1) is 17.2 Å². The first-order valence-electron chi connectivity index (χ1n) is 9.27. The van der Waals surface area contributed by atoms with Crippen molar-refractivity contribution >= 4 is 28.4 Å². The zero-order chi connectivity index (χ0) is 17.6. The highest BCUT2D eigenvalue weighted by Gasteiger charge is 2.40. The quantitative estimate of drug-likeness (QED) is 0.801. The van der Waals surface area contributed by atoms with Crippen molar-refractivity contribution in [3.05, 3.63) is 34.7 Å². The van der Waals surface area contributed by atoms with E-state index in [9.17, 15) is 9.18 Å². The van der Waals surface area contributed by atoms with Gasteiger partial charge in [-0.15, -0.1) is 0 Å². The topological polar surface area (TPSA) is 34.0 Å². The summed E-state index contributed by atoms with van der Waals surface area (Å²) in [4.78, 5) is 12.8. The van der Waals surface area contributed by atoms with Gasteiger partial charge >= 0.3 is 0 Å². The van der Waals surface area contributed by atoms with Crippen molar-refractivity contribution in [3.8, 4) is 0 Å². The fourth-order valence-electron chi connectivity index (χ4n) is 4.74. The molecule has 25 heavy (non-hydrogen) atoms. The minimum Gasteiger partial charge on any atom is -0.351 e. The molecule has 1 aromatic carbocycles. The van der Waals surface area contributed by atoms with Crippen LogP contribution in [-0.4, -0.2) is 17.0 Å². The number of carbonyl (C=O) groups excluding carboxylic acids is 1. The number of nitrogens with zero attached hydrogens (tertiary/aromatic N) is 1. The van der Waals surface area contributed by atoms with Crippen LogP contribution in [0.3, 0.4) is 0 Å². The first-order chi connectivity index (χ1) is 12.0. The Hall–Kier alpha value is -1.55. The molecule has 0 saturated heterocycles. The Bertz CT molecular complexity index is 807. The molecule has 0 radical (unpaired) electrons. The fraction of sp³-hybridized carbons (Fsp3) is 0.550. The lowest BCUT2D eigenvalue weighted by atomic mass is 9.61. The minimum atomic E-state index is -0.434.